The molecule has 0 aliphatic rings. The zero-order valence-electron chi connectivity index (χ0n) is 21.9. The average molecular weight is 522 g/mol. The van der Waals surface area contributed by atoms with Crippen LogP contribution in [0.5, 0.6) is 0 Å². The molecule has 170 valence electrons. The standard InChI is InChI=1S/C27H40I.C2H6/c1-18(2)21-16-19(12-14-22(21)25(3,4)5)28-20-13-15-23(26(6,7)8)24(17-20)27(9,10)11;1-2/h12-18H,1-11H3;1-2H3/q-1;. The van der Waals surface area contributed by atoms with Crippen LogP contribution < -0.4 is 21.2 Å². The summed E-state index contributed by atoms with van der Waals surface area (Å²) in [5.74, 6) is 0.562. The van der Waals surface area contributed by atoms with E-state index in [0.29, 0.717) is 5.92 Å². The van der Waals surface area contributed by atoms with Gasteiger partial charge in [0.15, 0.2) is 0 Å². The number of rotatable bonds is 3. The van der Waals surface area contributed by atoms with E-state index in [1.54, 1.807) is 0 Å². The molecule has 0 saturated heterocycles. The Hall–Kier alpha value is -0.830. The van der Waals surface area contributed by atoms with E-state index in [2.05, 4.69) is 113 Å². The maximum absolute atomic E-state index is 2.50. The molecule has 1 heteroatoms. The molecule has 0 aliphatic carbocycles. The van der Waals surface area contributed by atoms with Gasteiger partial charge in [0.05, 0.1) is 0 Å². The van der Waals surface area contributed by atoms with Crippen LogP contribution in [-0.4, -0.2) is 0 Å². The van der Waals surface area contributed by atoms with Crippen LogP contribution in [0.2, 0.25) is 0 Å². The van der Waals surface area contributed by atoms with E-state index in [0.717, 1.165) is 0 Å². The van der Waals surface area contributed by atoms with Gasteiger partial charge in [0, 0.05) is 0 Å². The monoisotopic (exact) mass is 521 g/mol. The summed E-state index contributed by atoms with van der Waals surface area (Å²) in [6.07, 6.45) is 0. The molecule has 2 rings (SSSR count). The number of halogens is 1. The van der Waals surface area contributed by atoms with Crippen molar-refractivity contribution in [1.29, 1.82) is 0 Å². The molecule has 0 unspecified atom stereocenters. The van der Waals surface area contributed by atoms with Crippen LogP contribution in [0.3, 0.4) is 0 Å². The molecule has 0 bridgehead atoms. The molecule has 0 N–H and O–H groups in total. The molecule has 0 atom stereocenters. The van der Waals surface area contributed by atoms with Crippen molar-refractivity contribution in [3.63, 3.8) is 0 Å². The van der Waals surface area contributed by atoms with Gasteiger partial charge in [-0.3, -0.25) is 0 Å². The van der Waals surface area contributed by atoms with E-state index in [4.69, 9.17) is 0 Å². The van der Waals surface area contributed by atoms with Crippen LogP contribution in [-0.2, 0) is 16.2 Å². The van der Waals surface area contributed by atoms with Gasteiger partial charge in [-0.2, -0.15) is 0 Å². The minimum absolute atomic E-state index is 0.168. The zero-order valence-corrected chi connectivity index (χ0v) is 24.1. The molecule has 2 aromatic rings. The van der Waals surface area contributed by atoms with Gasteiger partial charge in [-0.1, -0.05) is 13.8 Å². The van der Waals surface area contributed by atoms with Crippen LogP contribution >= 0.6 is 0 Å². The summed E-state index contributed by atoms with van der Waals surface area (Å²) in [5.41, 5.74) is 6.55. The second kappa shape index (κ2) is 10.2. The summed E-state index contributed by atoms with van der Waals surface area (Å²) in [6.45, 7) is 29.6. The Kier molecular flexibility index (Phi) is 9.24. The summed E-state index contributed by atoms with van der Waals surface area (Å²) in [6, 6.07) is 14.5. The van der Waals surface area contributed by atoms with Crippen LogP contribution in [0.4, 0.5) is 0 Å². The third-order valence-corrected chi connectivity index (χ3v) is 7.85. The van der Waals surface area contributed by atoms with Gasteiger partial charge in [0.25, 0.3) is 0 Å². The van der Waals surface area contributed by atoms with Crippen LogP contribution in [0.15, 0.2) is 36.4 Å². The average Bonchev–Trinajstić information content (AvgIpc) is 2.60. The second-order valence-corrected chi connectivity index (χ2v) is 14.5. The first kappa shape index (κ1) is 27.2. The third-order valence-electron chi connectivity index (χ3n) is 5.26. The van der Waals surface area contributed by atoms with Crippen molar-refractivity contribution in [2.45, 2.75) is 112 Å². The van der Waals surface area contributed by atoms with Gasteiger partial charge >= 0.3 is 185 Å². The minimum atomic E-state index is -0.178. The normalized spacial score (nSPS) is 12.7. The molecule has 0 saturated carbocycles. The van der Waals surface area contributed by atoms with Gasteiger partial charge in [-0.15, -0.1) is 0 Å². The molecule has 30 heavy (non-hydrogen) atoms. The van der Waals surface area contributed by atoms with Crippen molar-refractivity contribution in [3.8, 4) is 0 Å². The molecule has 0 aromatic heterocycles. The molecule has 0 fully saturated rings. The number of hydrogen-bond acceptors (Lipinski definition) is 0. The summed E-state index contributed by atoms with van der Waals surface area (Å²) in [5, 5.41) is 0. The molecule has 0 amide bonds. The van der Waals surface area contributed by atoms with E-state index >= 15 is 0 Å². The van der Waals surface area contributed by atoms with Gasteiger partial charge in [0.2, 0.25) is 0 Å². The third kappa shape index (κ3) is 7.11. The summed E-state index contributed by atoms with van der Waals surface area (Å²) in [4.78, 5) is 0. The topological polar surface area (TPSA) is 0 Å². The summed E-state index contributed by atoms with van der Waals surface area (Å²) in [7, 11) is 0. The SMILES string of the molecule is CC.CC(C)c1cc([I-]c2ccc(C(C)(C)C)c(C(C)(C)C)c2)ccc1C(C)(C)C. The van der Waals surface area contributed by atoms with Crippen LogP contribution in [0.25, 0.3) is 0 Å². The van der Waals surface area contributed by atoms with E-state index in [1.165, 1.54) is 29.4 Å². The Balaban J connectivity index is 0.00000218. The Morgan fingerprint density at radius 1 is 0.567 bits per heavy atom. The maximum atomic E-state index is 2.50. The zero-order chi connectivity index (χ0) is 23.5. The van der Waals surface area contributed by atoms with Crippen molar-refractivity contribution in [3.05, 3.63) is 65.8 Å². The summed E-state index contributed by atoms with van der Waals surface area (Å²) < 4.78 is 3.05. The first-order chi connectivity index (χ1) is 13.6. The fraction of sp³-hybridized carbons (Fsp3) is 0.586. The molecule has 0 heterocycles. The Morgan fingerprint density at radius 2 is 0.967 bits per heavy atom. The van der Waals surface area contributed by atoms with Crippen molar-refractivity contribution in [2.24, 2.45) is 0 Å². The molecular weight excluding hydrogens is 475 g/mol. The van der Waals surface area contributed by atoms with Gasteiger partial charge < -0.3 is 0 Å². The molecule has 0 radical (unpaired) electrons. The van der Waals surface area contributed by atoms with Crippen molar-refractivity contribution < 1.29 is 21.2 Å². The Bertz CT molecular complexity index is 821. The predicted octanol–water partition coefficient (Wildman–Crippen LogP) is 5.86. The van der Waals surface area contributed by atoms with Gasteiger partial charge in [-0.05, 0) is 0 Å². The van der Waals surface area contributed by atoms with Gasteiger partial charge in [-0.25, -0.2) is 0 Å². The Labute approximate surface area is 198 Å². The van der Waals surface area contributed by atoms with Crippen molar-refractivity contribution >= 4 is 0 Å². The van der Waals surface area contributed by atoms with E-state index in [9.17, 15) is 0 Å². The number of benzene rings is 2. The first-order valence-corrected chi connectivity index (χ1v) is 13.7. The molecule has 0 spiro atoms. The Morgan fingerprint density at radius 3 is 1.37 bits per heavy atom. The van der Waals surface area contributed by atoms with E-state index < -0.39 is 0 Å². The molecular formula is C29H46I-. The van der Waals surface area contributed by atoms with Crippen LogP contribution in [0, 0.1) is 7.14 Å². The van der Waals surface area contributed by atoms with Crippen LogP contribution in [0.1, 0.15) is 118 Å². The molecule has 0 nitrogen and oxygen atoms in total. The molecule has 2 aromatic carbocycles. The fourth-order valence-electron chi connectivity index (χ4n) is 3.73. The quantitative estimate of drug-likeness (QED) is 0.444. The van der Waals surface area contributed by atoms with Crippen molar-refractivity contribution in [2.75, 3.05) is 0 Å². The fourth-order valence-corrected chi connectivity index (χ4v) is 6.13. The van der Waals surface area contributed by atoms with E-state index in [-0.39, 0.29) is 37.5 Å². The second-order valence-electron chi connectivity index (χ2n) is 11.4. The van der Waals surface area contributed by atoms with Gasteiger partial charge in [0.1, 0.15) is 0 Å². The van der Waals surface area contributed by atoms with E-state index in [1.807, 2.05) is 13.8 Å². The summed E-state index contributed by atoms with van der Waals surface area (Å²) >= 11 is -0.178. The first-order valence-electron chi connectivity index (χ1n) is 11.5. The number of hydrogen-bond donors (Lipinski definition) is 0. The molecule has 0 aliphatic heterocycles. The predicted molar refractivity (Wildman–Crippen MR) is 132 cm³/mol. The van der Waals surface area contributed by atoms with Crippen molar-refractivity contribution in [1.82, 2.24) is 0 Å².